The summed E-state index contributed by atoms with van der Waals surface area (Å²) in [4.78, 5) is 12.3. The molecule has 5 aromatic rings. The Morgan fingerprint density at radius 3 is 2.59 bits per heavy atom. The van der Waals surface area contributed by atoms with Crippen molar-refractivity contribution in [1.29, 1.82) is 0 Å². The smallest absolute Gasteiger partial charge is 0.313 e. The molecular formula is C24H17NO4. The van der Waals surface area contributed by atoms with Crippen LogP contribution in [0.2, 0.25) is 0 Å². The van der Waals surface area contributed by atoms with Crippen LogP contribution in [-0.2, 0) is 22.6 Å². The summed E-state index contributed by atoms with van der Waals surface area (Å²) in [7, 11) is 0. The van der Waals surface area contributed by atoms with E-state index in [1.54, 1.807) is 6.07 Å². The van der Waals surface area contributed by atoms with E-state index in [2.05, 4.69) is 11.2 Å². The van der Waals surface area contributed by atoms with Crippen molar-refractivity contribution < 1.29 is 18.5 Å². The SMILES string of the molecule is O=C(Cc1cc2c(ccc3ccccc32)o1)OCc1cc(-c2ccccc2)no1. The topological polar surface area (TPSA) is 65.5 Å². The number of carbonyl (C=O) groups excluding carboxylic acids is 1. The minimum Gasteiger partial charge on any atom is -0.460 e. The maximum Gasteiger partial charge on any atom is 0.313 e. The molecule has 0 aliphatic carbocycles. The maximum atomic E-state index is 12.3. The highest BCUT2D eigenvalue weighted by atomic mass is 16.5. The molecule has 2 heterocycles. The minimum atomic E-state index is -0.383. The lowest BCUT2D eigenvalue weighted by molar-refractivity contribution is -0.145. The Morgan fingerprint density at radius 1 is 0.862 bits per heavy atom. The van der Waals surface area contributed by atoms with Crippen LogP contribution in [0.4, 0.5) is 0 Å². The summed E-state index contributed by atoms with van der Waals surface area (Å²) in [5.41, 5.74) is 2.42. The number of benzene rings is 3. The Bertz CT molecular complexity index is 1300. The van der Waals surface area contributed by atoms with Crippen LogP contribution in [0.3, 0.4) is 0 Å². The summed E-state index contributed by atoms with van der Waals surface area (Å²) < 4.78 is 16.4. The molecule has 0 amide bonds. The molecule has 0 aliphatic heterocycles. The molecule has 0 unspecified atom stereocenters. The molecule has 0 bridgehead atoms. The lowest BCUT2D eigenvalue weighted by Crippen LogP contribution is -2.07. The quantitative estimate of drug-likeness (QED) is 0.374. The van der Waals surface area contributed by atoms with E-state index in [0.29, 0.717) is 17.2 Å². The van der Waals surface area contributed by atoms with Crippen LogP contribution < -0.4 is 0 Å². The summed E-state index contributed by atoms with van der Waals surface area (Å²) in [5, 5.41) is 7.25. The van der Waals surface area contributed by atoms with Gasteiger partial charge in [0.1, 0.15) is 23.5 Å². The van der Waals surface area contributed by atoms with Crippen molar-refractivity contribution in [1.82, 2.24) is 5.16 Å². The number of hydrogen-bond acceptors (Lipinski definition) is 5. The van der Waals surface area contributed by atoms with Crippen LogP contribution in [-0.4, -0.2) is 11.1 Å². The zero-order chi connectivity index (χ0) is 19.6. The fourth-order valence-corrected chi connectivity index (χ4v) is 3.40. The van der Waals surface area contributed by atoms with E-state index < -0.39 is 0 Å². The van der Waals surface area contributed by atoms with Gasteiger partial charge in [0.2, 0.25) is 0 Å². The Labute approximate surface area is 166 Å². The van der Waals surface area contributed by atoms with Gasteiger partial charge in [0.15, 0.2) is 12.4 Å². The highest BCUT2D eigenvalue weighted by Crippen LogP contribution is 2.28. The van der Waals surface area contributed by atoms with Crippen molar-refractivity contribution >= 4 is 27.7 Å². The number of rotatable bonds is 5. The second kappa shape index (κ2) is 7.28. The van der Waals surface area contributed by atoms with E-state index in [-0.39, 0.29) is 19.0 Å². The molecule has 0 aliphatic rings. The second-order valence-corrected chi connectivity index (χ2v) is 6.79. The first-order chi connectivity index (χ1) is 14.3. The van der Waals surface area contributed by atoms with Gasteiger partial charge in [-0.05, 0) is 22.9 Å². The summed E-state index contributed by atoms with van der Waals surface area (Å²) in [5.74, 6) is 0.683. The zero-order valence-corrected chi connectivity index (χ0v) is 15.5. The molecule has 5 nitrogen and oxygen atoms in total. The Kier molecular flexibility index (Phi) is 4.33. The van der Waals surface area contributed by atoms with E-state index in [4.69, 9.17) is 13.7 Å². The highest BCUT2D eigenvalue weighted by molar-refractivity contribution is 6.06. The molecule has 2 aromatic heterocycles. The Balaban J connectivity index is 1.26. The molecular weight excluding hydrogens is 366 g/mol. The van der Waals surface area contributed by atoms with Gasteiger partial charge in [-0.1, -0.05) is 65.8 Å². The van der Waals surface area contributed by atoms with Crippen molar-refractivity contribution in [2.24, 2.45) is 0 Å². The van der Waals surface area contributed by atoms with Crippen LogP contribution in [0, 0.1) is 0 Å². The summed E-state index contributed by atoms with van der Waals surface area (Å²) in [6.07, 6.45) is 0.0582. The number of furan rings is 1. The van der Waals surface area contributed by atoms with Crippen molar-refractivity contribution in [3.63, 3.8) is 0 Å². The standard InChI is InChI=1S/C24H17NO4/c26-24(27-15-19-13-22(25-29-19)17-7-2-1-3-8-17)14-18-12-21-20-9-5-4-6-16(20)10-11-23(21)28-18/h1-13H,14-15H2. The van der Waals surface area contributed by atoms with Gasteiger partial charge in [-0.25, -0.2) is 0 Å². The van der Waals surface area contributed by atoms with Gasteiger partial charge >= 0.3 is 5.97 Å². The van der Waals surface area contributed by atoms with Crippen molar-refractivity contribution in [3.05, 3.63) is 90.4 Å². The van der Waals surface area contributed by atoms with E-state index in [0.717, 1.165) is 27.3 Å². The number of esters is 1. The molecule has 5 heteroatoms. The van der Waals surface area contributed by atoms with E-state index in [1.165, 1.54) is 0 Å². The molecule has 5 rings (SSSR count). The van der Waals surface area contributed by atoms with Gasteiger partial charge < -0.3 is 13.7 Å². The van der Waals surface area contributed by atoms with Crippen LogP contribution in [0.5, 0.6) is 0 Å². The third-order valence-corrected chi connectivity index (χ3v) is 4.80. The van der Waals surface area contributed by atoms with Gasteiger partial charge in [-0.3, -0.25) is 4.79 Å². The lowest BCUT2D eigenvalue weighted by atomic mass is 10.1. The first kappa shape index (κ1) is 17.3. The van der Waals surface area contributed by atoms with Gasteiger partial charge in [0.05, 0.1) is 0 Å². The van der Waals surface area contributed by atoms with Gasteiger partial charge in [0, 0.05) is 17.0 Å². The first-order valence-corrected chi connectivity index (χ1v) is 9.33. The Morgan fingerprint density at radius 2 is 1.69 bits per heavy atom. The van der Waals surface area contributed by atoms with E-state index in [1.807, 2.05) is 66.7 Å². The van der Waals surface area contributed by atoms with Gasteiger partial charge in [-0.2, -0.15) is 0 Å². The number of aromatic nitrogens is 1. The van der Waals surface area contributed by atoms with Gasteiger partial charge in [-0.15, -0.1) is 0 Å². The number of hydrogen-bond donors (Lipinski definition) is 0. The predicted octanol–water partition coefficient (Wildman–Crippen LogP) is 5.53. The van der Waals surface area contributed by atoms with E-state index in [9.17, 15) is 4.79 Å². The average molecular weight is 383 g/mol. The van der Waals surface area contributed by atoms with Crippen molar-refractivity contribution in [2.45, 2.75) is 13.0 Å². The van der Waals surface area contributed by atoms with Crippen molar-refractivity contribution in [3.8, 4) is 11.3 Å². The predicted molar refractivity (Wildman–Crippen MR) is 109 cm³/mol. The molecule has 0 radical (unpaired) electrons. The maximum absolute atomic E-state index is 12.3. The second-order valence-electron chi connectivity index (χ2n) is 6.79. The zero-order valence-electron chi connectivity index (χ0n) is 15.5. The summed E-state index contributed by atoms with van der Waals surface area (Å²) in [6, 6.07) is 25.4. The normalized spacial score (nSPS) is 11.2. The van der Waals surface area contributed by atoms with Crippen LogP contribution >= 0.6 is 0 Å². The molecule has 0 saturated carbocycles. The van der Waals surface area contributed by atoms with Crippen LogP contribution in [0.15, 0.2) is 87.8 Å². The third kappa shape index (κ3) is 3.50. The number of fused-ring (bicyclic) bond motifs is 3. The monoisotopic (exact) mass is 383 g/mol. The number of ether oxygens (including phenoxy) is 1. The van der Waals surface area contributed by atoms with Crippen LogP contribution in [0.1, 0.15) is 11.5 Å². The first-order valence-electron chi connectivity index (χ1n) is 9.33. The molecule has 3 aromatic carbocycles. The minimum absolute atomic E-state index is 0.0296. The third-order valence-electron chi connectivity index (χ3n) is 4.80. The molecule has 29 heavy (non-hydrogen) atoms. The number of carbonyl (C=O) groups is 1. The fraction of sp³-hybridized carbons (Fsp3) is 0.0833. The molecule has 0 atom stereocenters. The van der Waals surface area contributed by atoms with E-state index >= 15 is 0 Å². The Hall–Kier alpha value is -3.86. The lowest BCUT2D eigenvalue weighted by Gasteiger charge is -2.00. The molecule has 0 spiro atoms. The van der Waals surface area contributed by atoms with Crippen LogP contribution in [0.25, 0.3) is 33.0 Å². The number of nitrogens with zero attached hydrogens (tertiary/aromatic N) is 1. The van der Waals surface area contributed by atoms with Crippen molar-refractivity contribution in [2.75, 3.05) is 0 Å². The molecule has 142 valence electrons. The fourth-order valence-electron chi connectivity index (χ4n) is 3.40. The summed E-state index contributed by atoms with van der Waals surface area (Å²) >= 11 is 0. The highest BCUT2D eigenvalue weighted by Gasteiger charge is 2.14. The molecule has 0 saturated heterocycles. The molecule has 0 N–H and O–H groups in total. The molecule has 0 fully saturated rings. The average Bonchev–Trinajstić information content (AvgIpc) is 3.40. The van der Waals surface area contributed by atoms with Gasteiger partial charge in [0.25, 0.3) is 0 Å². The largest absolute Gasteiger partial charge is 0.460 e. The summed E-state index contributed by atoms with van der Waals surface area (Å²) in [6.45, 7) is 0.0296.